The monoisotopic (exact) mass is 746 g/mol. The van der Waals surface area contributed by atoms with E-state index >= 15 is 0 Å². The molecule has 2 aromatic carbocycles. The van der Waals surface area contributed by atoms with Crippen molar-refractivity contribution in [1.82, 2.24) is 20.3 Å². The third-order valence-corrected chi connectivity index (χ3v) is 11.7. The lowest BCUT2D eigenvalue weighted by molar-refractivity contribution is -0.143. The number of ether oxygens (including phenoxy) is 2. The molecule has 1 saturated heterocycles. The molecule has 0 bridgehead atoms. The van der Waals surface area contributed by atoms with E-state index in [9.17, 15) is 36.4 Å². The molecule has 12 nitrogen and oxygen atoms in total. The van der Waals surface area contributed by atoms with Crippen molar-refractivity contribution >= 4 is 33.8 Å². The molecule has 284 valence electrons. The SMILES string of the molecule is CO[C@@]1(c2ccc(-c3ccccc3)cc2)CC(C(=O)N[C@]2(C(=O)NS(=O)(=O)C3CC3)C[C@H]2C(F)F)N(C(=O)[C@@H](NC(=O)OC(C)(C)C)C(C)(C)C)C1. The van der Waals surface area contributed by atoms with Crippen LogP contribution in [-0.2, 0) is 39.5 Å². The molecule has 4 amide bonds. The van der Waals surface area contributed by atoms with Crippen molar-refractivity contribution in [3.63, 3.8) is 0 Å². The first-order valence-electron chi connectivity index (χ1n) is 17.3. The van der Waals surface area contributed by atoms with E-state index in [1.54, 1.807) is 41.5 Å². The third-order valence-electron chi connectivity index (χ3n) is 9.86. The molecule has 5 atom stereocenters. The molecule has 15 heteroatoms. The number of alkyl carbamates (subject to hydrolysis) is 1. The number of halogens is 2. The predicted octanol–water partition coefficient (Wildman–Crippen LogP) is 4.48. The number of rotatable bonds is 11. The number of nitrogens with one attached hydrogen (secondary N) is 3. The summed E-state index contributed by atoms with van der Waals surface area (Å²) in [4.78, 5) is 56.5. The van der Waals surface area contributed by atoms with Crippen LogP contribution in [0.5, 0.6) is 0 Å². The molecule has 5 rings (SSSR count). The summed E-state index contributed by atoms with van der Waals surface area (Å²) >= 11 is 0. The van der Waals surface area contributed by atoms with E-state index in [0.717, 1.165) is 11.1 Å². The minimum absolute atomic E-state index is 0.146. The fourth-order valence-electron chi connectivity index (χ4n) is 6.69. The Bertz CT molecular complexity index is 1790. The van der Waals surface area contributed by atoms with E-state index < -0.39 is 92.1 Å². The smallest absolute Gasteiger partial charge is 0.408 e. The van der Waals surface area contributed by atoms with Gasteiger partial charge in [-0.2, -0.15) is 0 Å². The number of nitrogens with zero attached hydrogens (tertiary/aromatic N) is 1. The fourth-order valence-corrected chi connectivity index (χ4v) is 8.05. The Labute approximate surface area is 303 Å². The van der Waals surface area contributed by atoms with Crippen LogP contribution in [0.4, 0.5) is 13.6 Å². The summed E-state index contributed by atoms with van der Waals surface area (Å²) in [5.74, 6) is -4.51. The second-order valence-electron chi connectivity index (χ2n) is 16.1. The number of methoxy groups -OCH3 is 1. The molecule has 1 aliphatic heterocycles. The van der Waals surface area contributed by atoms with E-state index in [1.165, 1.54) is 12.0 Å². The van der Waals surface area contributed by atoms with Crippen molar-refractivity contribution in [2.24, 2.45) is 11.3 Å². The lowest BCUT2D eigenvalue weighted by atomic mass is 9.85. The fraction of sp³-hybridized carbons (Fsp3) is 0.568. The Kier molecular flexibility index (Phi) is 10.6. The number of amides is 4. The Morgan fingerprint density at radius 1 is 0.904 bits per heavy atom. The Balaban J connectivity index is 1.51. The van der Waals surface area contributed by atoms with Crippen molar-refractivity contribution in [1.29, 1.82) is 0 Å². The van der Waals surface area contributed by atoms with Gasteiger partial charge >= 0.3 is 6.09 Å². The highest BCUT2D eigenvalue weighted by molar-refractivity contribution is 7.91. The average molecular weight is 747 g/mol. The molecule has 52 heavy (non-hydrogen) atoms. The Morgan fingerprint density at radius 3 is 2.00 bits per heavy atom. The van der Waals surface area contributed by atoms with Gasteiger partial charge < -0.3 is 25.0 Å². The van der Waals surface area contributed by atoms with E-state index in [-0.39, 0.29) is 13.0 Å². The largest absolute Gasteiger partial charge is 0.444 e. The maximum atomic E-state index is 14.6. The van der Waals surface area contributed by atoms with Gasteiger partial charge in [-0.15, -0.1) is 0 Å². The zero-order chi connectivity index (χ0) is 38.4. The summed E-state index contributed by atoms with van der Waals surface area (Å²) in [6, 6.07) is 14.4. The number of sulfonamides is 1. The zero-order valence-electron chi connectivity index (χ0n) is 30.5. The van der Waals surface area contributed by atoms with E-state index in [4.69, 9.17) is 9.47 Å². The molecule has 3 N–H and O–H groups in total. The molecule has 3 fully saturated rings. The Morgan fingerprint density at radius 2 is 1.50 bits per heavy atom. The minimum atomic E-state index is -4.12. The first-order chi connectivity index (χ1) is 24.1. The number of carbonyl (C=O) groups excluding carboxylic acids is 4. The van der Waals surface area contributed by atoms with Crippen molar-refractivity contribution in [3.05, 3.63) is 60.2 Å². The predicted molar refractivity (Wildman–Crippen MR) is 188 cm³/mol. The average Bonchev–Trinajstić information content (AvgIpc) is 3.99. The molecular weight excluding hydrogens is 698 g/mol. The van der Waals surface area contributed by atoms with Crippen LogP contribution in [0.3, 0.4) is 0 Å². The summed E-state index contributed by atoms with van der Waals surface area (Å²) in [6.07, 6.45) is -3.88. The van der Waals surface area contributed by atoms with Gasteiger partial charge in [-0.1, -0.05) is 75.4 Å². The van der Waals surface area contributed by atoms with Crippen LogP contribution in [0, 0.1) is 11.3 Å². The Hall–Kier alpha value is -4.11. The summed E-state index contributed by atoms with van der Waals surface area (Å²) in [5.41, 5.74) is -2.78. The number of hydrogen-bond donors (Lipinski definition) is 3. The normalized spacial score (nSPS) is 25.3. The molecule has 1 unspecified atom stereocenters. The summed E-state index contributed by atoms with van der Waals surface area (Å²) in [6.45, 7) is 10.0. The molecule has 0 spiro atoms. The molecular formula is C37H48F2N4O8S. The minimum Gasteiger partial charge on any atom is -0.444 e. The summed E-state index contributed by atoms with van der Waals surface area (Å²) < 4.78 is 66.9. The van der Waals surface area contributed by atoms with Gasteiger partial charge in [0.25, 0.3) is 5.91 Å². The molecule has 2 aliphatic carbocycles. The van der Waals surface area contributed by atoms with Crippen LogP contribution >= 0.6 is 0 Å². The van der Waals surface area contributed by atoms with Crippen molar-refractivity contribution in [2.75, 3.05) is 13.7 Å². The van der Waals surface area contributed by atoms with E-state index in [0.29, 0.717) is 18.4 Å². The maximum absolute atomic E-state index is 14.6. The van der Waals surface area contributed by atoms with Gasteiger partial charge in [0.1, 0.15) is 28.8 Å². The molecule has 1 heterocycles. The van der Waals surface area contributed by atoms with E-state index in [1.807, 2.05) is 59.3 Å². The quantitative estimate of drug-likeness (QED) is 0.304. The van der Waals surface area contributed by atoms with E-state index in [2.05, 4.69) is 10.6 Å². The van der Waals surface area contributed by atoms with Gasteiger partial charge in [-0.25, -0.2) is 22.0 Å². The molecule has 0 aromatic heterocycles. The number of alkyl halides is 2. The number of carbonyl (C=O) groups is 4. The van der Waals surface area contributed by atoms with Gasteiger partial charge in [0, 0.05) is 13.5 Å². The maximum Gasteiger partial charge on any atom is 0.408 e. The molecule has 0 radical (unpaired) electrons. The lowest BCUT2D eigenvalue weighted by Crippen LogP contribution is -2.60. The lowest BCUT2D eigenvalue weighted by Gasteiger charge is -2.36. The molecule has 3 aliphatic rings. The zero-order valence-corrected chi connectivity index (χ0v) is 31.3. The van der Waals surface area contributed by atoms with Gasteiger partial charge in [-0.3, -0.25) is 19.1 Å². The highest BCUT2D eigenvalue weighted by Crippen LogP contribution is 2.49. The van der Waals surface area contributed by atoms with Crippen molar-refractivity contribution in [2.45, 2.75) is 108 Å². The van der Waals surface area contributed by atoms with Crippen LogP contribution < -0.4 is 15.4 Å². The standard InChI is InChI=1S/C37H48F2N4O8S/c1-34(2,3)28(40-33(47)51-35(4,5)6)31(45)43-21-36(50-7,24-15-13-23(14-16-24)22-11-9-8-10-12-22)20-27(43)30(44)41-37(19-26(37)29(38)39)32(46)42-52(48,49)25-17-18-25/h8-16,25-29H,17-21H2,1-7H3,(H,40,47)(H,41,44)(H,42,46)/t26-,27?,28+,36-,37+/m0/s1. The van der Waals surface area contributed by atoms with Crippen LogP contribution in [-0.4, -0.2) is 85.7 Å². The topological polar surface area (TPSA) is 160 Å². The summed E-state index contributed by atoms with van der Waals surface area (Å²) in [7, 11) is -2.69. The van der Waals surface area contributed by atoms with Gasteiger partial charge in [0.2, 0.25) is 28.3 Å². The van der Waals surface area contributed by atoms with Crippen LogP contribution in [0.15, 0.2) is 54.6 Å². The van der Waals surface area contributed by atoms with Gasteiger partial charge in [-0.05, 0) is 62.1 Å². The van der Waals surface area contributed by atoms with Crippen molar-refractivity contribution < 1.29 is 45.9 Å². The second kappa shape index (κ2) is 14.0. The van der Waals surface area contributed by atoms with Gasteiger partial charge in [0.05, 0.1) is 17.7 Å². The highest BCUT2D eigenvalue weighted by Gasteiger charge is 2.67. The molecule has 2 aromatic rings. The molecule has 2 saturated carbocycles. The number of benzene rings is 2. The summed E-state index contributed by atoms with van der Waals surface area (Å²) in [5, 5.41) is 4.29. The number of hydrogen-bond acceptors (Lipinski definition) is 8. The third kappa shape index (κ3) is 8.25. The second-order valence-corrected chi connectivity index (χ2v) is 18.0. The number of likely N-dealkylation sites (tertiary alicyclic amines) is 1. The van der Waals surface area contributed by atoms with Crippen molar-refractivity contribution in [3.8, 4) is 11.1 Å². The van der Waals surface area contributed by atoms with Crippen LogP contribution in [0.1, 0.15) is 72.8 Å². The highest BCUT2D eigenvalue weighted by atomic mass is 32.2. The van der Waals surface area contributed by atoms with Gasteiger partial charge in [0.15, 0.2) is 0 Å². The van der Waals surface area contributed by atoms with Crippen LogP contribution in [0.25, 0.3) is 11.1 Å². The first-order valence-corrected chi connectivity index (χ1v) is 18.8. The van der Waals surface area contributed by atoms with Crippen LogP contribution in [0.2, 0.25) is 0 Å². The first kappa shape index (κ1) is 39.1.